The highest BCUT2D eigenvalue weighted by Gasteiger charge is 2.28. The van der Waals surface area contributed by atoms with E-state index >= 15 is 0 Å². The predicted molar refractivity (Wildman–Crippen MR) is 102 cm³/mol. The predicted octanol–water partition coefficient (Wildman–Crippen LogP) is 5.48. The molecule has 0 fully saturated rings. The van der Waals surface area contributed by atoms with E-state index in [2.05, 4.69) is 74.5 Å². The van der Waals surface area contributed by atoms with Gasteiger partial charge in [-0.15, -0.1) is 0 Å². The smallest absolute Gasteiger partial charge is 0.0484 e. The Labute approximate surface area is 133 Å². The standard InChI is InChI=1S/C18H31NSi2/c1-20(2,3)14-16-12-19(18-10-8-7-9-11-18)13-17(16)15-21(4,5)6/h7-11H,12-15H2,1-6H3. The molecule has 3 heteroatoms. The van der Waals surface area contributed by atoms with Crippen LogP contribution in [-0.2, 0) is 0 Å². The molecule has 0 aromatic heterocycles. The Hall–Kier alpha value is -0.806. The number of para-hydroxylation sites is 1. The van der Waals surface area contributed by atoms with Gasteiger partial charge >= 0.3 is 0 Å². The Kier molecular flexibility index (Phi) is 4.83. The monoisotopic (exact) mass is 317 g/mol. The van der Waals surface area contributed by atoms with Crippen molar-refractivity contribution in [2.45, 2.75) is 51.4 Å². The summed E-state index contributed by atoms with van der Waals surface area (Å²) in [4.78, 5) is 2.57. The lowest BCUT2D eigenvalue weighted by atomic mass is 10.2. The Morgan fingerprint density at radius 3 is 1.57 bits per heavy atom. The normalized spacial score (nSPS) is 16.8. The summed E-state index contributed by atoms with van der Waals surface area (Å²) in [6.45, 7) is 17.3. The van der Waals surface area contributed by atoms with Crippen LogP contribution < -0.4 is 4.90 Å². The number of rotatable bonds is 5. The van der Waals surface area contributed by atoms with Crippen molar-refractivity contribution in [3.05, 3.63) is 41.5 Å². The molecule has 1 heterocycles. The average molecular weight is 318 g/mol. The molecular formula is C18H31NSi2. The van der Waals surface area contributed by atoms with Crippen molar-refractivity contribution in [3.8, 4) is 0 Å². The molecule has 0 saturated carbocycles. The van der Waals surface area contributed by atoms with Gasteiger partial charge in [0.25, 0.3) is 0 Å². The summed E-state index contributed by atoms with van der Waals surface area (Å²) >= 11 is 0. The Bertz CT molecular complexity index is 478. The van der Waals surface area contributed by atoms with Crippen molar-refractivity contribution in [3.63, 3.8) is 0 Å². The first-order valence-electron chi connectivity index (χ1n) is 8.14. The van der Waals surface area contributed by atoms with Crippen LogP contribution in [0.4, 0.5) is 5.69 Å². The summed E-state index contributed by atoms with van der Waals surface area (Å²) in [6.07, 6.45) is 0. The van der Waals surface area contributed by atoms with E-state index in [0.29, 0.717) is 0 Å². The number of hydrogen-bond donors (Lipinski definition) is 0. The maximum absolute atomic E-state index is 2.57. The van der Waals surface area contributed by atoms with E-state index in [4.69, 9.17) is 0 Å². The lowest BCUT2D eigenvalue weighted by molar-refractivity contribution is 0.970. The third-order valence-corrected chi connectivity index (χ3v) is 6.85. The van der Waals surface area contributed by atoms with Crippen LogP contribution in [0, 0.1) is 0 Å². The van der Waals surface area contributed by atoms with Crippen LogP contribution >= 0.6 is 0 Å². The van der Waals surface area contributed by atoms with Gasteiger partial charge in [0.1, 0.15) is 0 Å². The van der Waals surface area contributed by atoms with Gasteiger partial charge in [-0.1, -0.05) is 68.6 Å². The lowest BCUT2D eigenvalue weighted by Gasteiger charge is -2.21. The summed E-state index contributed by atoms with van der Waals surface area (Å²) in [6, 6.07) is 13.7. The Morgan fingerprint density at radius 2 is 1.19 bits per heavy atom. The van der Waals surface area contributed by atoms with Crippen LogP contribution in [0.2, 0.25) is 51.4 Å². The lowest BCUT2D eigenvalue weighted by Crippen LogP contribution is -2.24. The maximum Gasteiger partial charge on any atom is 0.0484 e. The van der Waals surface area contributed by atoms with Gasteiger partial charge in [-0.3, -0.25) is 0 Å². The molecule has 0 aliphatic carbocycles. The third kappa shape index (κ3) is 5.15. The Balaban J connectivity index is 2.19. The van der Waals surface area contributed by atoms with Gasteiger partial charge in [-0.2, -0.15) is 0 Å². The summed E-state index contributed by atoms with van der Waals surface area (Å²) in [7, 11) is -2.08. The molecule has 1 aromatic carbocycles. The van der Waals surface area contributed by atoms with Crippen molar-refractivity contribution < 1.29 is 0 Å². The summed E-state index contributed by atoms with van der Waals surface area (Å²) in [5.74, 6) is 0. The van der Waals surface area contributed by atoms with E-state index in [1.54, 1.807) is 11.1 Å². The van der Waals surface area contributed by atoms with Gasteiger partial charge in [0.05, 0.1) is 0 Å². The van der Waals surface area contributed by atoms with Crippen molar-refractivity contribution in [2.75, 3.05) is 18.0 Å². The van der Waals surface area contributed by atoms with Crippen molar-refractivity contribution in [1.82, 2.24) is 0 Å². The first-order chi connectivity index (χ1) is 9.64. The third-order valence-electron chi connectivity index (χ3n) is 3.87. The molecule has 0 bridgehead atoms. The molecule has 2 rings (SSSR count). The van der Waals surface area contributed by atoms with Crippen LogP contribution in [0.25, 0.3) is 0 Å². The van der Waals surface area contributed by atoms with Crippen molar-refractivity contribution >= 4 is 21.8 Å². The minimum absolute atomic E-state index is 1.04. The molecule has 0 spiro atoms. The number of hydrogen-bond acceptors (Lipinski definition) is 1. The second-order valence-electron chi connectivity index (χ2n) is 8.87. The molecule has 0 N–H and O–H groups in total. The van der Waals surface area contributed by atoms with Crippen molar-refractivity contribution in [2.24, 2.45) is 0 Å². The molecule has 0 amide bonds. The first kappa shape index (κ1) is 16.6. The average Bonchev–Trinajstić information content (AvgIpc) is 2.69. The number of nitrogens with zero attached hydrogens (tertiary/aromatic N) is 1. The largest absolute Gasteiger partial charge is 0.364 e. The molecule has 0 radical (unpaired) electrons. The van der Waals surface area contributed by atoms with E-state index < -0.39 is 16.1 Å². The summed E-state index contributed by atoms with van der Waals surface area (Å²) in [5.41, 5.74) is 4.91. The van der Waals surface area contributed by atoms with Crippen molar-refractivity contribution in [1.29, 1.82) is 0 Å². The van der Waals surface area contributed by atoms with E-state index in [1.807, 2.05) is 0 Å². The van der Waals surface area contributed by atoms with Gasteiger partial charge in [0.2, 0.25) is 0 Å². The summed E-state index contributed by atoms with van der Waals surface area (Å²) in [5, 5.41) is 0. The van der Waals surface area contributed by atoms with E-state index in [-0.39, 0.29) is 0 Å². The van der Waals surface area contributed by atoms with Gasteiger partial charge < -0.3 is 4.90 Å². The fourth-order valence-electron chi connectivity index (χ4n) is 3.20. The van der Waals surface area contributed by atoms with Crippen LogP contribution in [0.5, 0.6) is 0 Å². The highest BCUT2D eigenvalue weighted by atomic mass is 28.3. The molecular weight excluding hydrogens is 286 g/mol. The fraction of sp³-hybridized carbons (Fsp3) is 0.556. The number of anilines is 1. The van der Waals surface area contributed by atoms with Crippen LogP contribution in [0.15, 0.2) is 41.5 Å². The molecule has 116 valence electrons. The molecule has 21 heavy (non-hydrogen) atoms. The van der Waals surface area contributed by atoms with Gasteiger partial charge in [0.15, 0.2) is 0 Å². The molecule has 0 unspecified atom stereocenters. The molecule has 1 nitrogen and oxygen atoms in total. The zero-order valence-corrected chi connectivity index (χ0v) is 16.7. The van der Waals surface area contributed by atoms with E-state index in [1.165, 1.54) is 17.8 Å². The zero-order valence-electron chi connectivity index (χ0n) is 14.7. The highest BCUT2D eigenvalue weighted by molar-refractivity contribution is 6.77. The first-order valence-corrected chi connectivity index (χ1v) is 15.6. The SMILES string of the molecule is C[Si](C)(C)CC1=C(C[Si](C)(C)C)CN(c2ccccc2)C1. The second kappa shape index (κ2) is 6.13. The van der Waals surface area contributed by atoms with Crippen LogP contribution in [0.3, 0.4) is 0 Å². The van der Waals surface area contributed by atoms with Crippen LogP contribution in [-0.4, -0.2) is 29.2 Å². The molecule has 1 aliphatic heterocycles. The highest BCUT2D eigenvalue weighted by Crippen LogP contribution is 2.33. The minimum atomic E-state index is -1.04. The molecule has 0 saturated heterocycles. The van der Waals surface area contributed by atoms with Gasteiger partial charge in [-0.25, -0.2) is 0 Å². The zero-order chi connectivity index (χ0) is 15.7. The molecule has 1 aliphatic rings. The van der Waals surface area contributed by atoms with Gasteiger partial charge in [0, 0.05) is 34.9 Å². The summed E-state index contributed by atoms with van der Waals surface area (Å²) < 4.78 is 0. The second-order valence-corrected chi connectivity index (χ2v) is 19.8. The fourth-order valence-corrected chi connectivity index (χ4v) is 6.49. The topological polar surface area (TPSA) is 3.24 Å². The minimum Gasteiger partial charge on any atom is -0.364 e. The van der Waals surface area contributed by atoms with E-state index in [0.717, 1.165) is 13.1 Å². The van der Waals surface area contributed by atoms with Crippen LogP contribution in [0.1, 0.15) is 0 Å². The van der Waals surface area contributed by atoms with Gasteiger partial charge in [-0.05, 0) is 24.2 Å². The quantitative estimate of drug-likeness (QED) is 0.513. The van der Waals surface area contributed by atoms with E-state index in [9.17, 15) is 0 Å². The molecule has 0 atom stereocenters. The Morgan fingerprint density at radius 1 is 0.762 bits per heavy atom. The molecule has 1 aromatic rings. The number of benzene rings is 1. The maximum atomic E-state index is 2.57.